The van der Waals surface area contributed by atoms with Crippen LogP contribution in [0.1, 0.15) is 5.56 Å². The van der Waals surface area contributed by atoms with Gasteiger partial charge < -0.3 is 10.6 Å². The van der Waals surface area contributed by atoms with Crippen molar-refractivity contribution in [3.8, 4) is 0 Å². The molecule has 0 amide bonds. The SMILES string of the molecule is CN=C(NCCN1CCS(=O)(=O)CC1)NCc1ccsc1. The highest BCUT2D eigenvalue weighted by Gasteiger charge is 2.20. The zero-order chi connectivity index (χ0) is 15.1. The molecule has 1 aromatic rings. The summed E-state index contributed by atoms with van der Waals surface area (Å²) in [5.41, 5.74) is 1.24. The minimum atomic E-state index is -2.79. The smallest absolute Gasteiger partial charge is 0.191 e. The van der Waals surface area contributed by atoms with Crippen LogP contribution in [-0.4, -0.2) is 64.0 Å². The molecule has 0 atom stereocenters. The number of sulfone groups is 1. The fraction of sp³-hybridized carbons (Fsp3) is 0.615. The molecule has 1 fully saturated rings. The molecule has 8 heteroatoms. The second-order valence-corrected chi connectivity index (χ2v) is 8.06. The quantitative estimate of drug-likeness (QED) is 0.594. The summed E-state index contributed by atoms with van der Waals surface area (Å²) in [6, 6.07) is 2.08. The Hall–Kier alpha value is -1.12. The number of guanidine groups is 1. The molecule has 1 aromatic heterocycles. The molecule has 0 bridgehead atoms. The predicted molar refractivity (Wildman–Crippen MR) is 87.6 cm³/mol. The summed E-state index contributed by atoms with van der Waals surface area (Å²) in [6.45, 7) is 3.60. The molecule has 118 valence electrons. The number of aliphatic imine (C=N–C) groups is 1. The van der Waals surface area contributed by atoms with Crippen molar-refractivity contribution in [3.63, 3.8) is 0 Å². The van der Waals surface area contributed by atoms with Crippen LogP contribution >= 0.6 is 11.3 Å². The van der Waals surface area contributed by atoms with Crippen LogP contribution in [0.4, 0.5) is 0 Å². The minimum absolute atomic E-state index is 0.276. The second-order valence-electron chi connectivity index (χ2n) is 4.98. The molecule has 2 rings (SSSR count). The average molecular weight is 330 g/mol. The largest absolute Gasteiger partial charge is 0.355 e. The van der Waals surface area contributed by atoms with Gasteiger partial charge in [0.2, 0.25) is 0 Å². The summed E-state index contributed by atoms with van der Waals surface area (Å²) in [7, 11) is -1.05. The van der Waals surface area contributed by atoms with Gasteiger partial charge in [0.05, 0.1) is 11.5 Å². The van der Waals surface area contributed by atoms with Gasteiger partial charge in [0.15, 0.2) is 15.8 Å². The van der Waals surface area contributed by atoms with Gasteiger partial charge in [-0.1, -0.05) is 0 Å². The van der Waals surface area contributed by atoms with Gasteiger partial charge >= 0.3 is 0 Å². The van der Waals surface area contributed by atoms with Gasteiger partial charge in [-0.3, -0.25) is 9.89 Å². The van der Waals surface area contributed by atoms with E-state index in [1.807, 2.05) is 0 Å². The van der Waals surface area contributed by atoms with Gasteiger partial charge in [-0.15, -0.1) is 0 Å². The lowest BCUT2D eigenvalue weighted by molar-refractivity contribution is 0.299. The Kier molecular flexibility index (Phi) is 6.01. The fourth-order valence-corrected chi connectivity index (χ4v) is 4.05. The van der Waals surface area contributed by atoms with Crippen LogP contribution in [0.25, 0.3) is 0 Å². The number of hydrogen-bond donors (Lipinski definition) is 2. The lowest BCUT2D eigenvalue weighted by atomic mass is 10.3. The Bertz CT molecular complexity index is 541. The first-order valence-electron chi connectivity index (χ1n) is 6.97. The van der Waals surface area contributed by atoms with Crippen molar-refractivity contribution in [1.29, 1.82) is 0 Å². The van der Waals surface area contributed by atoms with Crippen LogP contribution < -0.4 is 10.6 Å². The monoisotopic (exact) mass is 330 g/mol. The number of hydrogen-bond acceptors (Lipinski definition) is 5. The van der Waals surface area contributed by atoms with E-state index in [4.69, 9.17) is 0 Å². The summed E-state index contributed by atoms with van der Waals surface area (Å²) < 4.78 is 22.7. The summed E-state index contributed by atoms with van der Waals surface area (Å²) in [5.74, 6) is 1.32. The van der Waals surface area contributed by atoms with Crippen LogP contribution in [0.15, 0.2) is 21.8 Å². The fourth-order valence-electron chi connectivity index (χ4n) is 2.11. The first kappa shape index (κ1) is 16.3. The van der Waals surface area contributed by atoms with E-state index in [9.17, 15) is 8.42 Å². The Balaban J connectivity index is 1.65. The Morgan fingerprint density at radius 2 is 2.14 bits per heavy atom. The van der Waals surface area contributed by atoms with Gasteiger partial charge in [-0.2, -0.15) is 11.3 Å². The number of nitrogens with one attached hydrogen (secondary N) is 2. The third-order valence-corrected chi connectivity index (χ3v) is 5.76. The molecular formula is C13H22N4O2S2. The highest BCUT2D eigenvalue weighted by molar-refractivity contribution is 7.91. The van der Waals surface area contributed by atoms with E-state index in [0.29, 0.717) is 13.1 Å². The van der Waals surface area contributed by atoms with Gasteiger partial charge in [-0.25, -0.2) is 8.42 Å². The van der Waals surface area contributed by atoms with Crippen molar-refractivity contribution in [1.82, 2.24) is 15.5 Å². The van der Waals surface area contributed by atoms with Crippen LogP contribution in [0.5, 0.6) is 0 Å². The van der Waals surface area contributed by atoms with Crippen molar-refractivity contribution >= 4 is 27.1 Å². The molecule has 0 aromatic carbocycles. The topological polar surface area (TPSA) is 73.8 Å². The highest BCUT2D eigenvalue weighted by Crippen LogP contribution is 2.05. The summed E-state index contributed by atoms with van der Waals surface area (Å²) in [6.07, 6.45) is 0. The maximum absolute atomic E-state index is 11.4. The van der Waals surface area contributed by atoms with Crippen molar-refractivity contribution < 1.29 is 8.42 Å². The first-order chi connectivity index (χ1) is 10.1. The summed E-state index contributed by atoms with van der Waals surface area (Å²) >= 11 is 1.68. The molecule has 6 nitrogen and oxygen atoms in total. The molecule has 2 heterocycles. The highest BCUT2D eigenvalue weighted by atomic mass is 32.2. The molecule has 0 saturated carbocycles. The van der Waals surface area contributed by atoms with Gasteiger partial charge in [-0.05, 0) is 22.4 Å². The molecule has 21 heavy (non-hydrogen) atoms. The number of thiophene rings is 1. The lowest BCUT2D eigenvalue weighted by Crippen LogP contribution is -2.45. The lowest BCUT2D eigenvalue weighted by Gasteiger charge is -2.26. The average Bonchev–Trinajstić information content (AvgIpc) is 2.97. The summed E-state index contributed by atoms with van der Waals surface area (Å²) in [5, 5.41) is 10.7. The Morgan fingerprint density at radius 3 is 2.76 bits per heavy atom. The van der Waals surface area contributed by atoms with Gasteiger partial charge in [0.1, 0.15) is 0 Å². The molecule has 0 radical (unpaired) electrons. The molecule has 0 unspecified atom stereocenters. The van der Waals surface area contributed by atoms with Gasteiger partial charge in [0.25, 0.3) is 0 Å². The Morgan fingerprint density at radius 1 is 1.38 bits per heavy atom. The minimum Gasteiger partial charge on any atom is -0.355 e. The zero-order valence-corrected chi connectivity index (χ0v) is 13.8. The molecular weight excluding hydrogens is 308 g/mol. The Labute approximate surface area is 130 Å². The van der Waals surface area contributed by atoms with Crippen molar-refractivity contribution in [2.75, 3.05) is 44.7 Å². The zero-order valence-electron chi connectivity index (χ0n) is 12.2. The number of nitrogens with zero attached hydrogens (tertiary/aromatic N) is 2. The molecule has 1 saturated heterocycles. The van der Waals surface area contributed by atoms with E-state index >= 15 is 0 Å². The molecule has 0 spiro atoms. The molecule has 1 aliphatic rings. The first-order valence-corrected chi connectivity index (χ1v) is 9.74. The maximum atomic E-state index is 11.4. The third kappa shape index (κ3) is 5.64. The maximum Gasteiger partial charge on any atom is 0.191 e. The normalized spacial score (nSPS) is 19.4. The standard InChI is InChI=1S/C13H22N4O2S2/c1-14-13(16-10-12-2-7-20-11-12)15-3-4-17-5-8-21(18,19)9-6-17/h2,7,11H,3-6,8-10H2,1H3,(H2,14,15,16). The van der Waals surface area contributed by atoms with Crippen molar-refractivity contribution in [2.24, 2.45) is 4.99 Å². The molecule has 0 aliphatic carbocycles. The van der Waals surface area contributed by atoms with E-state index < -0.39 is 9.84 Å². The summed E-state index contributed by atoms with van der Waals surface area (Å²) in [4.78, 5) is 6.34. The van der Waals surface area contributed by atoms with E-state index in [1.54, 1.807) is 18.4 Å². The van der Waals surface area contributed by atoms with Crippen molar-refractivity contribution in [3.05, 3.63) is 22.4 Å². The van der Waals surface area contributed by atoms with E-state index in [2.05, 4.69) is 37.4 Å². The van der Waals surface area contributed by atoms with E-state index in [-0.39, 0.29) is 11.5 Å². The predicted octanol–water partition coefficient (Wildman–Crippen LogP) is 0.144. The molecule has 2 N–H and O–H groups in total. The molecule has 1 aliphatic heterocycles. The van der Waals surface area contributed by atoms with E-state index in [1.165, 1.54) is 5.56 Å². The van der Waals surface area contributed by atoms with E-state index in [0.717, 1.165) is 25.6 Å². The van der Waals surface area contributed by atoms with Crippen molar-refractivity contribution in [2.45, 2.75) is 6.54 Å². The second kappa shape index (κ2) is 7.77. The van der Waals surface area contributed by atoms with Crippen LogP contribution in [0, 0.1) is 0 Å². The van der Waals surface area contributed by atoms with Crippen LogP contribution in [0.2, 0.25) is 0 Å². The van der Waals surface area contributed by atoms with Gasteiger partial charge in [0, 0.05) is 39.8 Å². The van der Waals surface area contributed by atoms with Crippen LogP contribution in [-0.2, 0) is 16.4 Å². The van der Waals surface area contributed by atoms with Crippen LogP contribution in [0.3, 0.4) is 0 Å². The third-order valence-electron chi connectivity index (χ3n) is 3.42. The number of rotatable bonds is 5.